The molecule has 0 radical (unpaired) electrons. The molecule has 0 saturated heterocycles. The summed E-state index contributed by atoms with van der Waals surface area (Å²) in [6.07, 6.45) is 0.948. The van der Waals surface area contributed by atoms with E-state index in [0.717, 1.165) is 23.9 Å². The summed E-state index contributed by atoms with van der Waals surface area (Å²) in [7, 11) is 0. The predicted molar refractivity (Wildman–Crippen MR) is 80.8 cm³/mol. The molecule has 0 saturated carbocycles. The van der Waals surface area contributed by atoms with Gasteiger partial charge in [-0.2, -0.15) is 0 Å². The number of hydrogen-bond donors (Lipinski definition) is 0. The van der Waals surface area contributed by atoms with Crippen molar-refractivity contribution in [2.24, 2.45) is 0 Å². The molecule has 4 heteroatoms. The second-order valence-electron chi connectivity index (χ2n) is 4.59. The molecule has 0 fully saturated rings. The first-order valence-electron chi connectivity index (χ1n) is 6.10. The lowest BCUT2D eigenvalue weighted by Crippen LogP contribution is -2.38. The van der Waals surface area contributed by atoms with E-state index in [1.807, 2.05) is 37.8 Å². The van der Waals surface area contributed by atoms with Crippen molar-refractivity contribution >= 4 is 33.4 Å². The summed E-state index contributed by atoms with van der Waals surface area (Å²) >= 11 is 9.37. The standard InChI is InChI=1S/C14H19BrClNO/c1-10(2)17(8-4-7-15)14(18)13-9-12(16)6-5-11(13)3/h5-6,9-10H,4,7-8H2,1-3H3. The highest BCUT2D eigenvalue weighted by molar-refractivity contribution is 9.09. The molecule has 0 aromatic heterocycles. The Morgan fingerprint density at radius 2 is 2.11 bits per heavy atom. The number of amides is 1. The highest BCUT2D eigenvalue weighted by atomic mass is 79.9. The second-order valence-corrected chi connectivity index (χ2v) is 5.82. The van der Waals surface area contributed by atoms with Crippen LogP contribution in [0.15, 0.2) is 18.2 Å². The molecule has 0 bridgehead atoms. The first kappa shape index (κ1) is 15.5. The number of nitrogens with zero attached hydrogens (tertiary/aromatic N) is 1. The Hall–Kier alpha value is -0.540. The van der Waals surface area contributed by atoms with Crippen molar-refractivity contribution in [3.05, 3.63) is 34.3 Å². The Balaban J connectivity index is 2.98. The van der Waals surface area contributed by atoms with Crippen molar-refractivity contribution in [3.63, 3.8) is 0 Å². The maximum atomic E-state index is 12.5. The van der Waals surface area contributed by atoms with Gasteiger partial charge in [-0.3, -0.25) is 4.79 Å². The number of benzene rings is 1. The van der Waals surface area contributed by atoms with Gasteiger partial charge in [-0.1, -0.05) is 33.6 Å². The van der Waals surface area contributed by atoms with Gasteiger partial charge in [0.1, 0.15) is 0 Å². The number of alkyl halides is 1. The van der Waals surface area contributed by atoms with Gasteiger partial charge in [0.25, 0.3) is 5.91 Å². The van der Waals surface area contributed by atoms with Crippen molar-refractivity contribution < 1.29 is 4.79 Å². The minimum atomic E-state index is 0.0611. The van der Waals surface area contributed by atoms with Gasteiger partial charge in [0.15, 0.2) is 0 Å². The van der Waals surface area contributed by atoms with Crippen LogP contribution >= 0.6 is 27.5 Å². The van der Waals surface area contributed by atoms with E-state index in [1.54, 1.807) is 6.07 Å². The fraction of sp³-hybridized carbons (Fsp3) is 0.500. The van der Waals surface area contributed by atoms with Gasteiger partial charge >= 0.3 is 0 Å². The highest BCUT2D eigenvalue weighted by Crippen LogP contribution is 2.18. The highest BCUT2D eigenvalue weighted by Gasteiger charge is 2.19. The quantitative estimate of drug-likeness (QED) is 0.737. The zero-order valence-corrected chi connectivity index (χ0v) is 13.4. The van der Waals surface area contributed by atoms with Gasteiger partial charge in [-0.25, -0.2) is 0 Å². The maximum Gasteiger partial charge on any atom is 0.254 e. The molecule has 1 amide bonds. The molecule has 18 heavy (non-hydrogen) atoms. The van der Waals surface area contributed by atoms with Gasteiger partial charge < -0.3 is 4.90 Å². The topological polar surface area (TPSA) is 20.3 Å². The van der Waals surface area contributed by atoms with Crippen LogP contribution in [0, 0.1) is 6.92 Å². The van der Waals surface area contributed by atoms with Gasteiger partial charge in [0.2, 0.25) is 0 Å². The van der Waals surface area contributed by atoms with Crippen molar-refractivity contribution in [3.8, 4) is 0 Å². The fourth-order valence-electron chi connectivity index (χ4n) is 1.80. The fourth-order valence-corrected chi connectivity index (χ4v) is 2.23. The van der Waals surface area contributed by atoms with Crippen molar-refractivity contribution in [1.29, 1.82) is 0 Å². The van der Waals surface area contributed by atoms with Crippen LogP contribution in [0.2, 0.25) is 5.02 Å². The average molecular weight is 333 g/mol. The molecule has 100 valence electrons. The summed E-state index contributed by atoms with van der Waals surface area (Å²) in [6, 6.07) is 5.64. The number of aryl methyl sites for hydroxylation is 1. The SMILES string of the molecule is Cc1ccc(Cl)cc1C(=O)N(CCCBr)C(C)C. The molecule has 1 aromatic rings. The Morgan fingerprint density at radius 1 is 1.44 bits per heavy atom. The largest absolute Gasteiger partial charge is 0.336 e. The Kier molecular flexibility index (Phi) is 6.16. The van der Waals surface area contributed by atoms with E-state index in [9.17, 15) is 4.79 Å². The molecule has 0 aliphatic carbocycles. The molecule has 0 aliphatic rings. The smallest absolute Gasteiger partial charge is 0.254 e. The molecule has 1 aromatic carbocycles. The summed E-state index contributed by atoms with van der Waals surface area (Å²) in [5.74, 6) is 0.0611. The lowest BCUT2D eigenvalue weighted by Gasteiger charge is -2.27. The molecule has 0 unspecified atom stereocenters. The molecule has 0 spiro atoms. The molecule has 0 N–H and O–H groups in total. The van der Waals surface area contributed by atoms with E-state index in [0.29, 0.717) is 10.6 Å². The second kappa shape index (κ2) is 7.15. The number of hydrogen-bond acceptors (Lipinski definition) is 1. The zero-order chi connectivity index (χ0) is 13.7. The van der Waals surface area contributed by atoms with E-state index in [1.165, 1.54) is 0 Å². The van der Waals surface area contributed by atoms with Crippen molar-refractivity contribution in [1.82, 2.24) is 4.90 Å². The third-order valence-electron chi connectivity index (χ3n) is 2.85. The number of carbonyl (C=O) groups excluding carboxylic acids is 1. The van der Waals surface area contributed by atoms with Gasteiger partial charge in [-0.05, 0) is 44.9 Å². The summed E-state index contributed by atoms with van der Waals surface area (Å²) in [5, 5.41) is 1.51. The number of rotatable bonds is 5. The van der Waals surface area contributed by atoms with Crippen LogP contribution in [-0.4, -0.2) is 28.7 Å². The van der Waals surface area contributed by atoms with E-state index in [2.05, 4.69) is 15.9 Å². The van der Waals surface area contributed by atoms with Gasteiger partial charge in [0, 0.05) is 28.5 Å². The van der Waals surface area contributed by atoms with E-state index < -0.39 is 0 Å². The van der Waals surface area contributed by atoms with Gasteiger partial charge in [0.05, 0.1) is 0 Å². The normalized spacial score (nSPS) is 10.8. The van der Waals surface area contributed by atoms with Crippen molar-refractivity contribution in [2.75, 3.05) is 11.9 Å². The third kappa shape index (κ3) is 3.99. The lowest BCUT2D eigenvalue weighted by atomic mass is 10.1. The van der Waals surface area contributed by atoms with Crippen LogP contribution < -0.4 is 0 Å². The third-order valence-corrected chi connectivity index (χ3v) is 3.64. The summed E-state index contributed by atoms with van der Waals surface area (Å²) in [4.78, 5) is 14.4. The lowest BCUT2D eigenvalue weighted by molar-refractivity contribution is 0.0706. The van der Waals surface area contributed by atoms with Crippen LogP contribution in [0.25, 0.3) is 0 Å². The first-order chi connectivity index (χ1) is 8.47. The average Bonchev–Trinajstić information content (AvgIpc) is 2.32. The molecule has 1 rings (SSSR count). The minimum absolute atomic E-state index is 0.0611. The Labute approximate surface area is 122 Å². The molecule has 0 aliphatic heterocycles. The van der Waals surface area contributed by atoms with E-state index >= 15 is 0 Å². The first-order valence-corrected chi connectivity index (χ1v) is 7.60. The summed E-state index contributed by atoms with van der Waals surface area (Å²) < 4.78 is 0. The van der Waals surface area contributed by atoms with Crippen LogP contribution in [0.4, 0.5) is 0 Å². The molecule has 2 nitrogen and oxygen atoms in total. The van der Waals surface area contributed by atoms with Crippen molar-refractivity contribution in [2.45, 2.75) is 33.2 Å². The van der Waals surface area contributed by atoms with Crippen LogP contribution in [0.1, 0.15) is 36.2 Å². The van der Waals surface area contributed by atoms with E-state index in [-0.39, 0.29) is 11.9 Å². The summed E-state index contributed by atoms with van der Waals surface area (Å²) in [6.45, 7) is 6.76. The zero-order valence-electron chi connectivity index (χ0n) is 11.0. The molecule has 0 heterocycles. The maximum absolute atomic E-state index is 12.5. The Bertz CT molecular complexity index is 420. The summed E-state index contributed by atoms with van der Waals surface area (Å²) in [5.41, 5.74) is 1.67. The monoisotopic (exact) mass is 331 g/mol. The minimum Gasteiger partial charge on any atom is -0.336 e. The number of halogens is 2. The Morgan fingerprint density at radius 3 is 2.67 bits per heavy atom. The molecular formula is C14H19BrClNO. The predicted octanol–water partition coefficient (Wildman–Crippen LogP) is 4.28. The molecule has 0 atom stereocenters. The van der Waals surface area contributed by atoms with E-state index in [4.69, 9.17) is 11.6 Å². The molecular weight excluding hydrogens is 314 g/mol. The van der Waals surface area contributed by atoms with Gasteiger partial charge in [-0.15, -0.1) is 0 Å². The van der Waals surface area contributed by atoms with Crippen LogP contribution in [0.5, 0.6) is 0 Å². The van der Waals surface area contributed by atoms with Crippen LogP contribution in [0.3, 0.4) is 0 Å². The van der Waals surface area contributed by atoms with Crippen LogP contribution in [-0.2, 0) is 0 Å². The number of carbonyl (C=O) groups is 1.